The number of aromatic hydroxyl groups is 1. The Morgan fingerprint density at radius 1 is 1.22 bits per heavy atom. The lowest BCUT2D eigenvalue weighted by Crippen LogP contribution is -2.25. The fraction of sp³-hybridized carbons (Fsp3) is 0.250. The minimum absolute atomic E-state index is 0.0570. The Morgan fingerprint density at radius 3 is 2.78 bits per heavy atom. The molecule has 1 fully saturated rings. The summed E-state index contributed by atoms with van der Waals surface area (Å²) in [4.78, 5) is 12.2. The van der Waals surface area contributed by atoms with Crippen LogP contribution in [0.25, 0.3) is 0 Å². The van der Waals surface area contributed by atoms with E-state index in [1.54, 1.807) is 18.3 Å². The van der Waals surface area contributed by atoms with Crippen LogP contribution in [-0.2, 0) is 11.2 Å². The largest absolute Gasteiger partial charge is 0.504 e. The number of amidine groups is 1. The van der Waals surface area contributed by atoms with E-state index in [4.69, 9.17) is 4.74 Å². The van der Waals surface area contributed by atoms with Gasteiger partial charge in [0, 0.05) is 0 Å². The van der Waals surface area contributed by atoms with E-state index in [2.05, 4.69) is 47.6 Å². The minimum atomic E-state index is -0.213. The molecule has 1 aliphatic rings. The number of hydrogen-bond donors (Lipinski definition) is 2. The van der Waals surface area contributed by atoms with Crippen molar-refractivity contribution in [2.45, 2.75) is 25.5 Å². The van der Waals surface area contributed by atoms with Crippen LogP contribution in [0.1, 0.15) is 22.3 Å². The average Bonchev–Trinajstić information content (AvgIpc) is 2.99. The van der Waals surface area contributed by atoms with E-state index in [1.807, 2.05) is 0 Å². The zero-order valence-corrected chi connectivity index (χ0v) is 16.2. The Morgan fingerprint density at radius 2 is 2.04 bits per heavy atom. The number of nitrogens with one attached hydrogen (secondary N) is 1. The first-order valence-corrected chi connectivity index (χ1v) is 9.36. The summed E-state index contributed by atoms with van der Waals surface area (Å²) >= 11 is 1.38. The van der Waals surface area contributed by atoms with Crippen LogP contribution in [-0.4, -0.2) is 34.8 Å². The molecule has 1 unspecified atom stereocenters. The van der Waals surface area contributed by atoms with Gasteiger partial charge in [0.2, 0.25) is 5.91 Å². The second kappa shape index (κ2) is 8.26. The van der Waals surface area contributed by atoms with Gasteiger partial charge in [-0.2, -0.15) is 5.10 Å². The Kier molecular flexibility index (Phi) is 5.81. The van der Waals surface area contributed by atoms with Crippen LogP contribution in [0, 0.1) is 13.8 Å². The highest BCUT2D eigenvalue weighted by Crippen LogP contribution is 2.26. The standard InChI is InChI=1S/C20H21N3O3S/c1-12-4-5-14(8-13(12)2)10-18-19(25)22-20(27-18)23-21-11-15-6-7-16(24)17(9-15)26-3/h4-9,11,18,24H,10H2,1-3H3,(H,22,23,25). The number of benzene rings is 2. The second-order valence-corrected chi connectivity index (χ2v) is 7.49. The summed E-state index contributed by atoms with van der Waals surface area (Å²) in [6.45, 7) is 4.14. The summed E-state index contributed by atoms with van der Waals surface area (Å²) in [5, 5.41) is 20.7. The van der Waals surface area contributed by atoms with Crippen molar-refractivity contribution >= 4 is 29.1 Å². The molecule has 6 nitrogen and oxygen atoms in total. The summed E-state index contributed by atoms with van der Waals surface area (Å²) in [5.74, 6) is 0.371. The molecule has 2 N–H and O–H groups in total. The molecule has 0 radical (unpaired) electrons. The molecule has 3 rings (SSSR count). The van der Waals surface area contributed by atoms with Crippen molar-refractivity contribution in [2.24, 2.45) is 10.2 Å². The first-order chi connectivity index (χ1) is 13.0. The van der Waals surface area contributed by atoms with E-state index < -0.39 is 0 Å². The maximum atomic E-state index is 12.2. The van der Waals surface area contributed by atoms with Crippen LogP contribution >= 0.6 is 11.8 Å². The Hall–Kier alpha value is -2.80. The van der Waals surface area contributed by atoms with Gasteiger partial charge in [0.25, 0.3) is 0 Å². The molecular formula is C20H21N3O3S. The third-order valence-corrected chi connectivity index (χ3v) is 5.40. The normalized spacial score (nSPS) is 18.3. The van der Waals surface area contributed by atoms with Crippen molar-refractivity contribution in [1.82, 2.24) is 5.32 Å². The summed E-state index contributed by atoms with van der Waals surface area (Å²) in [5.41, 5.74) is 4.32. The van der Waals surface area contributed by atoms with Crippen LogP contribution < -0.4 is 10.1 Å². The predicted octanol–water partition coefficient (Wildman–Crippen LogP) is 3.18. The number of carbonyl (C=O) groups is 1. The molecule has 7 heteroatoms. The maximum absolute atomic E-state index is 12.2. The van der Waals surface area contributed by atoms with Crippen molar-refractivity contribution in [3.05, 3.63) is 58.7 Å². The van der Waals surface area contributed by atoms with Crippen molar-refractivity contribution in [1.29, 1.82) is 0 Å². The number of rotatable bonds is 5. The predicted molar refractivity (Wildman–Crippen MR) is 109 cm³/mol. The van der Waals surface area contributed by atoms with Crippen molar-refractivity contribution in [3.8, 4) is 11.5 Å². The molecule has 27 heavy (non-hydrogen) atoms. The quantitative estimate of drug-likeness (QED) is 0.614. The van der Waals surface area contributed by atoms with Crippen molar-refractivity contribution in [3.63, 3.8) is 0 Å². The lowest BCUT2D eigenvalue weighted by molar-refractivity contribution is -0.118. The number of ether oxygens (including phenoxy) is 1. The number of phenols is 1. The van der Waals surface area contributed by atoms with E-state index in [-0.39, 0.29) is 16.9 Å². The number of phenolic OH excluding ortho intramolecular Hbond substituents is 1. The van der Waals surface area contributed by atoms with Gasteiger partial charge in [-0.15, -0.1) is 5.10 Å². The van der Waals surface area contributed by atoms with Gasteiger partial charge >= 0.3 is 0 Å². The van der Waals surface area contributed by atoms with Gasteiger partial charge in [0.1, 0.15) is 0 Å². The van der Waals surface area contributed by atoms with Gasteiger partial charge in [-0.1, -0.05) is 30.0 Å². The van der Waals surface area contributed by atoms with Gasteiger partial charge < -0.3 is 15.2 Å². The molecule has 1 atom stereocenters. The third-order valence-electron chi connectivity index (χ3n) is 4.33. The summed E-state index contributed by atoms with van der Waals surface area (Å²) in [6, 6.07) is 11.1. The van der Waals surface area contributed by atoms with Crippen molar-refractivity contribution in [2.75, 3.05) is 7.11 Å². The fourth-order valence-corrected chi connectivity index (χ4v) is 3.62. The van der Waals surface area contributed by atoms with Gasteiger partial charge in [-0.25, -0.2) is 0 Å². The number of amides is 1. The summed E-state index contributed by atoms with van der Waals surface area (Å²) in [6.07, 6.45) is 2.19. The summed E-state index contributed by atoms with van der Waals surface area (Å²) < 4.78 is 5.06. The van der Waals surface area contributed by atoms with E-state index >= 15 is 0 Å². The monoisotopic (exact) mass is 383 g/mol. The number of aryl methyl sites for hydroxylation is 2. The van der Waals surface area contributed by atoms with Gasteiger partial charge in [-0.05, 0) is 60.7 Å². The highest BCUT2D eigenvalue weighted by molar-refractivity contribution is 8.15. The first-order valence-electron chi connectivity index (χ1n) is 8.48. The van der Waals surface area contributed by atoms with E-state index in [1.165, 1.54) is 36.1 Å². The molecule has 1 amide bonds. The summed E-state index contributed by atoms with van der Waals surface area (Å²) in [7, 11) is 1.48. The maximum Gasteiger partial charge on any atom is 0.239 e. The van der Waals surface area contributed by atoms with Crippen molar-refractivity contribution < 1.29 is 14.6 Å². The Bertz CT molecular complexity index is 925. The van der Waals surface area contributed by atoms with Gasteiger partial charge in [0.05, 0.1) is 18.6 Å². The Balaban J connectivity index is 1.65. The second-order valence-electron chi connectivity index (χ2n) is 6.30. The van der Waals surface area contributed by atoms with Gasteiger partial charge in [-0.3, -0.25) is 4.79 Å². The molecule has 0 aliphatic carbocycles. The Labute approximate surface area is 162 Å². The molecule has 140 valence electrons. The topological polar surface area (TPSA) is 83.3 Å². The van der Waals surface area contributed by atoms with Gasteiger partial charge in [0.15, 0.2) is 16.7 Å². The average molecular weight is 383 g/mol. The van der Waals surface area contributed by atoms with Crippen LogP contribution in [0.4, 0.5) is 0 Å². The van der Waals surface area contributed by atoms with Crippen LogP contribution in [0.2, 0.25) is 0 Å². The molecule has 1 heterocycles. The number of carbonyl (C=O) groups excluding carboxylic acids is 1. The zero-order valence-electron chi connectivity index (χ0n) is 15.4. The lowest BCUT2D eigenvalue weighted by Gasteiger charge is -2.07. The minimum Gasteiger partial charge on any atom is -0.504 e. The molecule has 1 saturated heterocycles. The molecule has 2 aromatic rings. The highest BCUT2D eigenvalue weighted by atomic mass is 32.2. The molecule has 1 aliphatic heterocycles. The van der Waals surface area contributed by atoms with Crippen LogP contribution in [0.5, 0.6) is 11.5 Å². The number of hydrogen-bond acceptors (Lipinski definition) is 6. The van der Waals surface area contributed by atoms with E-state index in [0.717, 1.165) is 11.1 Å². The van der Waals surface area contributed by atoms with E-state index in [0.29, 0.717) is 17.3 Å². The number of thioether (sulfide) groups is 1. The fourth-order valence-electron chi connectivity index (χ4n) is 2.65. The lowest BCUT2D eigenvalue weighted by atomic mass is 10.0. The third kappa shape index (κ3) is 4.68. The SMILES string of the molecule is COc1cc(C=NN=C2NC(=O)C(Cc3ccc(C)c(C)c3)S2)ccc1O. The number of nitrogens with zero attached hydrogens (tertiary/aromatic N) is 2. The van der Waals surface area contributed by atoms with Crippen LogP contribution in [0.3, 0.4) is 0 Å². The van der Waals surface area contributed by atoms with E-state index in [9.17, 15) is 9.90 Å². The molecule has 0 saturated carbocycles. The van der Waals surface area contributed by atoms with Crippen LogP contribution in [0.15, 0.2) is 46.6 Å². The zero-order chi connectivity index (χ0) is 19.4. The smallest absolute Gasteiger partial charge is 0.239 e. The molecule has 0 bridgehead atoms. The first kappa shape index (κ1) is 19.0. The molecule has 0 spiro atoms. The highest BCUT2D eigenvalue weighted by Gasteiger charge is 2.30. The molecule has 0 aromatic heterocycles. The molecular weight excluding hydrogens is 362 g/mol. The number of methoxy groups -OCH3 is 1. The molecule has 2 aromatic carbocycles.